The molecule has 0 heterocycles. The SMILES string of the molecule is COc1ccc(CN)cc1OCCCSC. The summed E-state index contributed by atoms with van der Waals surface area (Å²) in [4.78, 5) is 0. The summed E-state index contributed by atoms with van der Waals surface area (Å²) in [7, 11) is 1.65. The highest BCUT2D eigenvalue weighted by molar-refractivity contribution is 7.98. The third kappa shape index (κ3) is 3.94. The van der Waals surface area contributed by atoms with E-state index in [4.69, 9.17) is 15.2 Å². The van der Waals surface area contributed by atoms with Crippen LogP contribution in [0.3, 0.4) is 0 Å². The van der Waals surface area contributed by atoms with Crippen LogP contribution in [-0.2, 0) is 6.54 Å². The Morgan fingerprint density at radius 2 is 2.12 bits per heavy atom. The third-order valence-electron chi connectivity index (χ3n) is 2.21. The first kappa shape index (κ1) is 13.2. The molecule has 1 aromatic carbocycles. The Morgan fingerprint density at radius 1 is 1.31 bits per heavy atom. The van der Waals surface area contributed by atoms with Crippen LogP contribution in [-0.4, -0.2) is 25.7 Å². The highest BCUT2D eigenvalue weighted by atomic mass is 32.2. The van der Waals surface area contributed by atoms with Gasteiger partial charge in [-0.05, 0) is 36.1 Å². The monoisotopic (exact) mass is 241 g/mol. The minimum absolute atomic E-state index is 0.519. The lowest BCUT2D eigenvalue weighted by Crippen LogP contribution is -2.02. The van der Waals surface area contributed by atoms with Gasteiger partial charge in [-0.1, -0.05) is 6.07 Å². The van der Waals surface area contributed by atoms with E-state index in [0.29, 0.717) is 13.2 Å². The molecule has 0 radical (unpaired) electrons. The number of thioether (sulfide) groups is 1. The Kier molecular flexibility index (Phi) is 6.11. The van der Waals surface area contributed by atoms with Crippen molar-refractivity contribution in [3.8, 4) is 11.5 Å². The zero-order valence-electron chi connectivity index (χ0n) is 9.86. The maximum Gasteiger partial charge on any atom is 0.161 e. The van der Waals surface area contributed by atoms with Crippen LogP contribution in [0, 0.1) is 0 Å². The van der Waals surface area contributed by atoms with Gasteiger partial charge in [0.25, 0.3) is 0 Å². The summed E-state index contributed by atoms with van der Waals surface area (Å²) in [5.74, 6) is 2.66. The Balaban J connectivity index is 2.60. The van der Waals surface area contributed by atoms with Crippen LogP contribution in [0.4, 0.5) is 0 Å². The van der Waals surface area contributed by atoms with Crippen molar-refractivity contribution in [2.45, 2.75) is 13.0 Å². The Hall–Kier alpha value is -0.870. The first-order chi connectivity index (χ1) is 7.81. The fourth-order valence-corrected chi connectivity index (χ4v) is 1.75. The van der Waals surface area contributed by atoms with Gasteiger partial charge in [-0.25, -0.2) is 0 Å². The summed E-state index contributed by atoms with van der Waals surface area (Å²) in [5.41, 5.74) is 6.64. The average Bonchev–Trinajstić information content (AvgIpc) is 2.34. The summed E-state index contributed by atoms with van der Waals surface area (Å²) >= 11 is 1.82. The van der Waals surface area contributed by atoms with Gasteiger partial charge >= 0.3 is 0 Å². The molecule has 4 heteroatoms. The molecule has 0 fully saturated rings. The van der Waals surface area contributed by atoms with Crippen LogP contribution in [0.15, 0.2) is 18.2 Å². The van der Waals surface area contributed by atoms with E-state index in [1.165, 1.54) is 0 Å². The van der Waals surface area contributed by atoms with E-state index >= 15 is 0 Å². The number of ether oxygens (including phenoxy) is 2. The van der Waals surface area contributed by atoms with Gasteiger partial charge < -0.3 is 15.2 Å². The Morgan fingerprint density at radius 3 is 2.75 bits per heavy atom. The van der Waals surface area contributed by atoms with Gasteiger partial charge in [0.1, 0.15) is 0 Å². The van der Waals surface area contributed by atoms with Gasteiger partial charge in [0.05, 0.1) is 13.7 Å². The summed E-state index contributed by atoms with van der Waals surface area (Å²) in [6.07, 6.45) is 3.13. The van der Waals surface area contributed by atoms with Crippen LogP contribution in [0.2, 0.25) is 0 Å². The largest absolute Gasteiger partial charge is 0.493 e. The van der Waals surface area contributed by atoms with E-state index in [1.807, 2.05) is 30.0 Å². The zero-order chi connectivity index (χ0) is 11.8. The van der Waals surface area contributed by atoms with Crippen molar-refractivity contribution in [3.63, 3.8) is 0 Å². The molecule has 0 atom stereocenters. The lowest BCUT2D eigenvalue weighted by molar-refractivity contribution is 0.295. The predicted octanol–water partition coefficient (Wildman–Crippen LogP) is 2.29. The number of hydrogen-bond donors (Lipinski definition) is 1. The van der Waals surface area contributed by atoms with E-state index in [-0.39, 0.29) is 0 Å². The molecule has 0 saturated carbocycles. The lowest BCUT2D eigenvalue weighted by atomic mass is 10.2. The molecule has 0 aliphatic heterocycles. The van der Waals surface area contributed by atoms with Crippen molar-refractivity contribution in [3.05, 3.63) is 23.8 Å². The molecule has 0 aliphatic rings. The van der Waals surface area contributed by atoms with Gasteiger partial charge in [-0.15, -0.1) is 0 Å². The van der Waals surface area contributed by atoms with Crippen molar-refractivity contribution in [1.82, 2.24) is 0 Å². The van der Waals surface area contributed by atoms with E-state index in [1.54, 1.807) is 7.11 Å². The van der Waals surface area contributed by atoms with E-state index in [0.717, 1.165) is 29.2 Å². The maximum absolute atomic E-state index is 5.68. The number of rotatable bonds is 7. The third-order valence-corrected chi connectivity index (χ3v) is 2.91. The Labute approximate surface area is 101 Å². The molecule has 0 bridgehead atoms. The maximum atomic E-state index is 5.68. The quantitative estimate of drug-likeness (QED) is 0.744. The van der Waals surface area contributed by atoms with Crippen molar-refractivity contribution >= 4 is 11.8 Å². The summed E-state index contributed by atoms with van der Waals surface area (Å²) < 4.78 is 10.9. The van der Waals surface area contributed by atoms with Crippen molar-refractivity contribution in [2.24, 2.45) is 5.73 Å². The van der Waals surface area contributed by atoms with Crippen LogP contribution in [0.1, 0.15) is 12.0 Å². The normalized spacial score (nSPS) is 10.2. The molecule has 3 nitrogen and oxygen atoms in total. The highest BCUT2D eigenvalue weighted by Gasteiger charge is 2.04. The predicted molar refractivity (Wildman–Crippen MR) is 69.4 cm³/mol. The molecule has 0 spiro atoms. The fourth-order valence-electron chi connectivity index (χ4n) is 1.35. The van der Waals surface area contributed by atoms with Gasteiger partial charge in [0.15, 0.2) is 11.5 Å². The summed E-state index contributed by atoms with van der Waals surface area (Å²) in [6.45, 7) is 1.23. The first-order valence-electron chi connectivity index (χ1n) is 5.30. The minimum atomic E-state index is 0.519. The summed E-state index contributed by atoms with van der Waals surface area (Å²) in [6, 6.07) is 5.79. The van der Waals surface area contributed by atoms with Crippen LogP contribution >= 0.6 is 11.8 Å². The molecule has 0 aromatic heterocycles. The molecule has 1 aromatic rings. The van der Waals surface area contributed by atoms with Gasteiger partial charge in [0, 0.05) is 6.54 Å². The zero-order valence-corrected chi connectivity index (χ0v) is 10.7. The van der Waals surface area contributed by atoms with Crippen LogP contribution in [0.5, 0.6) is 11.5 Å². The second-order valence-electron chi connectivity index (χ2n) is 3.38. The number of methoxy groups -OCH3 is 1. The van der Waals surface area contributed by atoms with Gasteiger partial charge in [-0.2, -0.15) is 11.8 Å². The molecule has 0 amide bonds. The molecular weight excluding hydrogens is 222 g/mol. The minimum Gasteiger partial charge on any atom is -0.493 e. The molecule has 90 valence electrons. The topological polar surface area (TPSA) is 44.5 Å². The van der Waals surface area contributed by atoms with Gasteiger partial charge in [-0.3, -0.25) is 0 Å². The number of hydrogen-bond acceptors (Lipinski definition) is 4. The van der Waals surface area contributed by atoms with Crippen molar-refractivity contribution in [1.29, 1.82) is 0 Å². The van der Waals surface area contributed by atoms with Gasteiger partial charge in [0.2, 0.25) is 0 Å². The molecule has 0 unspecified atom stereocenters. The molecule has 2 N–H and O–H groups in total. The van der Waals surface area contributed by atoms with Crippen molar-refractivity contribution in [2.75, 3.05) is 25.7 Å². The lowest BCUT2D eigenvalue weighted by Gasteiger charge is -2.11. The second kappa shape index (κ2) is 7.41. The van der Waals surface area contributed by atoms with Crippen molar-refractivity contribution < 1.29 is 9.47 Å². The molecule has 0 aliphatic carbocycles. The van der Waals surface area contributed by atoms with Crippen LogP contribution in [0.25, 0.3) is 0 Å². The molecule has 0 saturated heterocycles. The highest BCUT2D eigenvalue weighted by Crippen LogP contribution is 2.28. The van der Waals surface area contributed by atoms with Crippen LogP contribution < -0.4 is 15.2 Å². The van der Waals surface area contributed by atoms with E-state index in [9.17, 15) is 0 Å². The smallest absolute Gasteiger partial charge is 0.161 e. The fraction of sp³-hybridized carbons (Fsp3) is 0.500. The summed E-state index contributed by atoms with van der Waals surface area (Å²) in [5, 5.41) is 0. The first-order valence-corrected chi connectivity index (χ1v) is 6.70. The standard InChI is InChI=1S/C12H19NO2S/c1-14-11-5-4-10(9-13)8-12(11)15-6-3-7-16-2/h4-5,8H,3,6-7,9,13H2,1-2H3. The van der Waals surface area contributed by atoms with E-state index in [2.05, 4.69) is 6.26 Å². The molecule has 16 heavy (non-hydrogen) atoms. The molecule has 1 rings (SSSR count). The second-order valence-corrected chi connectivity index (χ2v) is 4.37. The number of nitrogens with two attached hydrogens (primary N) is 1. The average molecular weight is 241 g/mol. The van der Waals surface area contributed by atoms with E-state index < -0.39 is 0 Å². The number of benzene rings is 1. The Bertz CT molecular complexity index is 318. The molecular formula is C12H19NO2S.